The van der Waals surface area contributed by atoms with E-state index in [0.29, 0.717) is 12.3 Å². The Hall–Kier alpha value is -1.64. The third-order valence-electron chi connectivity index (χ3n) is 2.38. The summed E-state index contributed by atoms with van der Waals surface area (Å²) in [6, 6.07) is 7.79. The van der Waals surface area contributed by atoms with Crippen molar-refractivity contribution >= 4 is 11.8 Å². The number of ether oxygens (including phenoxy) is 1. The largest absolute Gasteiger partial charge is 0.464 e. The molecule has 1 aliphatic rings. The van der Waals surface area contributed by atoms with E-state index in [2.05, 4.69) is 4.99 Å². The summed E-state index contributed by atoms with van der Waals surface area (Å²) in [4.78, 5) is 15.3. The number of rotatable bonds is 2. The molecule has 1 aromatic carbocycles. The van der Waals surface area contributed by atoms with Crippen molar-refractivity contribution in [1.82, 2.24) is 0 Å². The SMILES string of the molecule is CC[C@H]1OC(c2cccc(C)c2)=NC1=O. The average Bonchev–Trinajstić information content (AvgIpc) is 2.60. The molecule has 0 radical (unpaired) electrons. The van der Waals surface area contributed by atoms with E-state index in [0.717, 1.165) is 11.1 Å². The molecule has 0 saturated heterocycles. The molecular formula is C12H13NO2. The van der Waals surface area contributed by atoms with Crippen LogP contribution in [-0.4, -0.2) is 17.9 Å². The van der Waals surface area contributed by atoms with Crippen LogP contribution < -0.4 is 0 Å². The Labute approximate surface area is 88.8 Å². The Morgan fingerprint density at radius 1 is 1.47 bits per heavy atom. The number of carbonyl (C=O) groups excluding carboxylic acids is 1. The molecular weight excluding hydrogens is 190 g/mol. The van der Waals surface area contributed by atoms with Crippen LogP contribution in [0.15, 0.2) is 29.3 Å². The number of hydrogen-bond acceptors (Lipinski definition) is 2. The van der Waals surface area contributed by atoms with Crippen LogP contribution in [0.2, 0.25) is 0 Å². The van der Waals surface area contributed by atoms with Gasteiger partial charge in [-0.1, -0.05) is 24.6 Å². The van der Waals surface area contributed by atoms with Crippen molar-refractivity contribution < 1.29 is 9.53 Å². The highest BCUT2D eigenvalue weighted by molar-refractivity contribution is 6.07. The standard InChI is InChI=1S/C12H13NO2/c1-3-10-11(14)13-12(15-10)9-6-4-5-8(2)7-9/h4-7,10H,3H2,1-2H3/t10-/m1/s1. The van der Waals surface area contributed by atoms with Crippen molar-refractivity contribution in [2.45, 2.75) is 26.4 Å². The maximum Gasteiger partial charge on any atom is 0.290 e. The van der Waals surface area contributed by atoms with Crippen LogP contribution in [0.5, 0.6) is 0 Å². The van der Waals surface area contributed by atoms with Crippen LogP contribution in [0.4, 0.5) is 0 Å². The molecule has 0 aliphatic carbocycles. The molecule has 0 saturated carbocycles. The van der Waals surface area contributed by atoms with Crippen molar-refractivity contribution in [1.29, 1.82) is 0 Å². The minimum atomic E-state index is -0.388. The first-order valence-corrected chi connectivity index (χ1v) is 5.07. The van der Waals surface area contributed by atoms with Gasteiger partial charge in [-0.05, 0) is 25.5 Å². The zero-order valence-corrected chi connectivity index (χ0v) is 8.86. The zero-order chi connectivity index (χ0) is 10.8. The topological polar surface area (TPSA) is 38.7 Å². The molecule has 3 nitrogen and oxygen atoms in total. The molecule has 0 fully saturated rings. The first kappa shape index (κ1) is 9.90. The van der Waals surface area contributed by atoms with E-state index in [4.69, 9.17) is 4.74 Å². The lowest BCUT2D eigenvalue weighted by Gasteiger charge is -2.06. The van der Waals surface area contributed by atoms with Gasteiger partial charge >= 0.3 is 0 Å². The van der Waals surface area contributed by atoms with E-state index in [9.17, 15) is 4.79 Å². The van der Waals surface area contributed by atoms with Crippen molar-refractivity contribution in [2.24, 2.45) is 4.99 Å². The number of aliphatic imine (C=N–C) groups is 1. The van der Waals surface area contributed by atoms with Gasteiger partial charge in [0.1, 0.15) is 0 Å². The lowest BCUT2D eigenvalue weighted by atomic mass is 10.1. The van der Waals surface area contributed by atoms with E-state index in [-0.39, 0.29) is 12.0 Å². The normalized spacial score (nSPS) is 20.0. The van der Waals surface area contributed by atoms with E-state index >= 15 is 0 Å². The van der Waals surface area contributed by atoms with Crippen LogP contribution in [0.3, 0.4) is 0 Å². The van der Waals surface area contributed by atoms with Crippen molar-refractivity contribution in [3.63, 3.8) is 0 Å². The van der Waals surface area contributed by atoms with Gasteiger partial charge in [0.05, 0.1) is 0 Å². The minimum absolute atomic E-state index is 0.172. The first-order valence-electron chi connectivity index (χ1n) is 5.07. The average molecular weight is 203 g/mol. The number of carbonyl (C=O) groups is 1. The number of benzene rings is 1. The Balaban J connectivity index is 2.27. The molecule has 0 aromatic heterocycles. The molecule has 2 rings (SSSR count). The zero-order valence-electron chi connectivity index (χ0n) is 8.86. The number of hydrogen-bond donors (Lipinski definition) is 0. The molecule has 1 heterocycles. The monoisotopic (exact) mass is 203 g/mol. The quantitative estimate of drug-likeness (QED) is 0.738. The van der Waals surface area contributed by atoms with Gasteiger partial charge in [-0.3, -0.25) is 4.79 Å². The summed E-state index contributed by atoms with van der Waals surface area (Å²) in [5.74, 6) is 0.282. The summed E-state index contributed by atoms with van der Waals surface area (Å²) in [5.41, 5.74) is 2.01. The van der Waals surface area contributed by atoms with Gasteiger partial charge in [-0.25, -0.2) is 0 Å². The van der Waals surface area contributed by atoms with Crippen molar-refractivity contribution in [2.75, 3.05) is 0 Å². The summed E-state index contributed by atoms with van der Waals surface area (Å²) in [6.07, 6.45) is 0.276. The molecule has 1 aromatic rings. The Morgan fingerprint density at radius 3 is 2.87 bits per heavy atom. The lowest BCUT2D eigenvalue weighted by molar-refractivity contribution is -0.122. The summed E-state index contributed by atoms with van der Waals surface area (Å²) in [5, 5.41) is 0. The van der Waals surface area contributed by atoms with Crippen molar-refractivity contribution in [3.8, 4) is 0 Å². The molecule has 1 atom stereocenters. The second kappa shape index (κ2) is 3.85. The summed E-state index contributed by atoms with van der Waals surface area (Å²) < 4.78 is 5.46. The van der Waals surface area contributed by atoms with Crippen LogP contribution in [0.1, 0.15) is 24.5 Å². The highest BCUT2D eigenvalue weighted by Gasteiger charge is 2.27. The molecule has 1 amide bonds. The Kier molecular flexibility index (Phi) is 2.54. The van der Waals surface area contributed by atoms with E-state index in [1.165, 1.54) is 0 Å². The van der Waals surface area contributed by atoms with Crippen LogP contribution in [0.25, 0.3) is 0 Å². The molecule has 15 heavy (non-hydrogen) atoms. The third-order valence-corrected chi connectivity index (χ3v) is 2.38. The molecule has 78 valence electrons. The summed E-state index contributed by atoms with van der Waals surface area (Å²) in [7, 11) is 0. The van der Waals surface area contributed by atoms with E-state index < -0.39 is 0 Å². The summed E-state index contributed by atoms with van der Waals surface area (Å²) in [6.45, 7) is 3.91. The predicted octanol–water partition coefficient (Wildman–Crippen LogP) is 2.08. The molecule has 0 unspecified atom stereocenters. The van der Waals surface area contributed by atoms with Gasteiger partial charge in [0.2, 0.25) is 5.90 Å². The minimum Gasteiger partial charge on any atom is -0.464 e. The highest BCUT2D eigenvalue weighted by Crippen LogP contribution is 2.16. The molecule has 0 bridgehead atoms. The van der Waals surface area contributed by atoms with Crippen LogP contribution >= 0.6 is 0 Å². The number of nitrogens with zero attached hydrogens (tertiary/aromatic N) is 1. The Bertz CT molecular complexity index is 423. The van der Waals surface area contributed by atoms with Gasteiger partial charge < -0.3 is 4.74 Å². The maximum absolute atomic E-state index is 11.4. The van der Waals surface area contributed by atoms with Gasteiger partial charge in [-0.15, -0.1) is 0 Å². The molecule has 0 spiro atoms. The van der Waals surface area contributed by atoms with Crippen molar-refractivity contribution in [3.05, 3.63) is 35.4 Å². The van der Waals surface area contributed by atoms with Gasteiger partial charge in [0.25, 0.3) is 5.91 Å². The fourth-order valence-corrected chi connectivity index (χ4v) is 1.55. The second-order valence-corrected chi connectivity index (χ2v) is 3.64. The van der Waals surface area contributed by atoms with Gasteiger partial charge in [0, 0.05) is 5.56 Å². The lowest BCUT2D eigenvalue weighted by Crippen LogP contribution is -2.16. The van der Waals surface area contributed by atoms with Gasteiger partial charge in [0.15, 0.2) is 6.10 Å². The second-order valence-electron chi connectivity index (χ2n) is 3.64. The Morgan fingerprint density at radius 2 is 2.27 bits per heavy atom. The number of aryl methyl sites for hydroxylation is 1. The van der Waals surface area contributed by atoms with Gasteiger partial charge in [-0.2, -0.15) is 4.99 Å². The van der Waals surface area contributed by atoms with Crippen LogP contribution in [-0.2, 0) is 9.53 Å². The first-order chi connectivity index (χ1) is 7.20. The smallest absolute Gasteiger partial charge is 0.290 e. The molecule has 0 N–H and O–H groups in total. The number of amides is 1. The van der Waals surface area contributed by atoms with E-state index in [1.54, 1.807) is 0 Å². The molecule has 1 aliphatic heterocycles. The molecule has 3 heteroatoms. The summed E-state index contributed by atoms with van der Waals surface area (Å²) >= 11 is 0. The third kappa shape index (κ3) is 1.91. The predicted molar refractivity (Wildman–Crippen MR) is 57.9 cm³/mol. The fourth-order valence-electron chi connectivity index (χ4n) is 1.55. The maximum atomic E-state index is 11.4. The van der Waals surface area contributed by atoms with E-state index in [1.807, 2.05) is 38.1 Å². The fraction of sp³-hybridized carbons (Fsp3) is 0.333. The highest BCUT2D eigenvalue weighted by atomic mass is 16.5. The van der Waals surface area contributed by atoms with Crippen LogP contribution in [0, 0.1) is 6.92 Å².